The normalized spacial score (nSPS) is 12.6. The predicted octanol–water partition coefficient (Wildman–Crippen LogP) is 5.75. The molecule has 0 aliphatic rings. The first-order chi connectivity index (χ1) is 12.2. The maximum atomic E-state index is 12.3. The number of nitrogens with zero attached hydrogens (tertiary/aromatic N) is 1. The molecule has 3 aromatic rings. The van der Waals surface area contributed by atoms with Crippen molar-refractivity contribution in [1.29, 1.82) is 0 Å². The average molecular weight is 364 g/mol. The summed E-state index contributed by atoms with van der Waals surface area (Å²) in [5.74, 6) is 0. The van der Waals surface area contributed by atoms with E-state index >= 15 is 0 Å². The molecule has 0 saturated carbocycles. The van der Waals surface area contributed by atoms with Gasteiger partial charge in [-0.3, -0.25) is 4.79 Å². The summed E-state index contributed by atoms with van der Waals surface area (Å²) in [5.41, 5.74) is 2.19. The van der Waals surface area contributed by atoms with Crippen LogP contribution in [0, 0.1) is 0 Å². The van der Waals surface area contributed by atoms with Crippen molar-refractivity contribution in [2.75, 3.05) is 0 Å². The molecule has 0 N–H and O–H groups in total. The minimum absolute atomic E-state index is 0.228. The van der Waals surface area contributed by atoms with Crippen LogP contribution in [-0.4, -0.2) is 10.8 Å². The molecule has 2 nitrogen and oxygen atoms in total. The number of carbonyl (C=O) groups excluding carboxylic acids is 1. The monoisotopic (exact) mass is 363 g/mol. The molecule has 1 unspecified atom stereocenters. The molecule has 3 rings (SSSR count). The molecule has 3 aromatic carbocycles. The number of carbonyl (C=O) groups is 1. The SMILES string of the molecule is O=C(S)C(=Nc1ccccc1)C(Sc1ccccc1)c1ccccc1. The highest BCUT2D eigenvalue weighted by atomic mass is 32.2. The third kappa shape index (κ3) is 4.84. The van der Waals surface area contributed by atoms with Crippen LogP contribution in [0.4, 0.5) is 5.69 Å². The van der Waals surface area contributed by atoms with Crippen molar-refractivity contribution in [3.63, 3.8) is 0 Å². The van der Waals surface area contributed by atoms with Crippen LogP contribution in [0.2, 0.25) is 0 Å². The van der Waals surface area contributed by atoms with E-state index in [4.69, 9.17) is 0 Å². The van der Waals surface area contributed by atoms with Gasteiger partial charge in [0, 0.05) is 4.90 Å². The Morgan fingerprint density at radius 1 is 0.800 bits per heavy atom. The van der Waals surface area contributed by atoms with Gasteiger partial charge < -0.3 is 0 Å². The Morgan fingerprint density at radius 3 is 1.88 bits per heavy atom. The van der Waals surface area contributed by atoms with E-state index in [1.807, 2.05) is 91.0 Å². The quantitative estimate of drug-likeness (QED) is 0.343. The summed E-state index contributed by atoms with van der Waals surface area (Å²) in [6.45, 7) is 0. The summed E-state index contributed by atoms with van der Waals surface area (Å²) >= 11 is 5.69. The van der Waals surface area contributed by atoms with E-state index in [0.29, 0.717) is 5.71 Å². The second-order valence-electron chi connectivity index (χ2n) is 5.36. The zero-order chi connectivity index (χ0) is 17.5. The summed E-state index contributed by atoms with van der Waals surface area (Å²) in [6, 6.07) is 29.4. The molecule has 0 radical (unpaired) electrons. The molecule has 0 aromatic heterocycles. The van der Waals surface area contributed by atoms with Gasteiger partial charge in [0.2, 0.25) is 5.12 Å². The zero-order valence-electron chi connectivity index (χ0n) is 13.4. The number of hydrogen-bond acceptors (Lipinski definition) is 3. The summed E-state index contributed by atoms with van der Waals surface area (Å²) < 4.78 is 0. The Hall–Kier alpha value is -2.30. The summed E-state index contributed by atoms with van der Waals surface area (Å²) in [4.78, 5) is 17.9. The fourth-order valence-electron chi connectivity index (χ4n) is 2.40. The van der Waals surface area contributed by atoms with Crippen molar-refractivity contribution in [1.82, 2.24) is 0 Å². The number of thioether (sulfide) groups is 1. The van der Waals surface area contributed by atoms with Crippen molar-refractivity contribution in [2.24, 2.45) is 4.99 Å². The van der Waals surface area contributed by atoms with Crippen LogP contribution in [0.5, 0.6) is 0 Å². The first-order valence-corrected chi connectivity index (χ1v) is 9.20. The number of aliphatic imine (C=N–C) groups is 1. The lowest BCUT2D eigenvalue weighted by atomic mass is 10.1. The lowest BCUT2D eigenvalue weighted by Crippen LogP contribution is -2.16. The first-order valence-electron chi connectivity index (χ1n) is 7.87. The van der Waals surface area contributed by atoms with Gasteiger partial charge in [0.05, 0.1) is 10.9 Å². The molecule has 0 spiro atoms. The Kier molecular flexibility index (Phi) is 6.09. The highest BCUT2D eigenvalue weighted by molar-refractivity contribution is 8.02. The number of para-hydroxylation sites is 1. The Balaban J connectivity index is 2.04. The predicted molar refractivity (Wildman–Crippen MR) is 109 cm³/mol. The maximum Gasteiger partial charge on any atom is 0.232 e. The Morgan fingerprint density at radius 2 is 1.32 bits per heavy atom. The van der Waals surface area contributed by atoms with Gasteiger partial charge in [-0.25, -0.2) is 4.99 Å². The van der Waals surface area contributed by atoms with Crippen molar-refractivity contribution in [3.8, 4) is 0 Å². The second kappa shape index (κ2) is 8.70. The largest absolute Gasteiger partial charge is 0.280 e. The third-order valence-corrected chi connectivity index (χ3v) is 5.08. The van der Waals surface area contributed by atoms with Gasteiger partial charge in [0.1, 0.15) is 5.71 Å². The van der Waals surface area contributed by atoms with Gasteiger partial charge in [0.15, 0.2) is 0 Å². The zero-order valence-corrected chi connectivity index (χ0v) is 15.2. The minimum atomic E-state index is -0.318. The molecule has 124 valence electrons. The van der Waals surface area contributed by atoms with Gasteiger partial charge in [-0.15, -0.1) is 11.8 Å². The van der Waals surface area contributed by atoms with Crippen molar-refractivity contribution in [3.05, 3.63) is 96.6 Å². The molecule has 0 saturated heterocycles. The number of benzene rings is 3. The summed E-state index contributed by atoms with van der Waals surface area (Å²) in [6.07, 6.45) is 0. The van der Waals surface area contributed by atoms with E-state index in [0.717, 1.165) is 16.1 Å². The van der Waals surface area contributed by atoms with Crippen molar-refractivity contribution in [2.45, 2.75) is 10.1 Å². The van der Waals surface area contributed by atoms with E-state index in [1.165, 1.54) is 0 Å². The molecule has 0 fully saturated rings. The standard InChI is InChI=1S/C21H17NOS2/c23-21(24)19(22-17-12-6-2-7-13-17)20(16-10-4-1-5-11-16)25-18-14-8-3-9-15-18/h1-15,20H,(H,23,24). The Labute approximate surface area is 157 Å². The van der Waals surface area contributed by atoms with Gasteiger partial charge in [-0.05, 0) is 29.8 Å². The summed E-state index contributed by atoms with van der Waals surface area (Å²) in [5, 5.41) is -0.546. The van der Waals surface area contributed by atoms with Crippen LogP contribution < -0.4 is 0 Å². The molecular formula is C21H17NOS2. The highest BCUT2D eigenvalue weighted by Crippen LogP contribution is 2.37. The van der Waals surface area contributed by atoms with Crippen LogP contribution in [-0.2, 0) is 4.79 Å². The fourth-order valence-corrected chi connectivity index (χ4v) is 3.82. The number of thiol groups is 1. The topological polar surface area (TPSA) is 29.4 Å². The smallest absolute Gasteiger partial charge is 0.232 e. The molecular weight excluding hydrogens is 346 g/mol. The van der Waals surface area contributed by atoms with E-state index in [2.05, 4.69) is 17.6 Å². The Bertz CT molecular complexity index is 849. The fraction of sp³-hybridized carbons (Fsp3) is 0.0476. The van der Waals surface area contributed by atoms with Crippen LogP contribution in [0.15, 0.2) is 101 Å². The molecule has 0 heterocycles. The summed E-state index contributed by atoms with van der Waals surface area (Å²) in [7, 11) is 0. The lowest BCUT2D eigenvalue weighted by Gasteiger charge is -2.18. The second-order valence-corrected chi connectivity index (χ2v) is 6.94. The van der Waals surface area contributed by atoms with Crippen LogP contribution >= 0.6 is 24.4 Å². The van der Waals surface area contributed by atoms with Gasteiger partial charge in [0.25, 0.3) is 0 Å². The molecule has 25 heavy (non-hydrogen) atoms. The van der Waals surface area contributed by atoms with Gasteiger partial charge in [-0.2, -0.15) is 0 Å². The molecule has 0 bridgehead atoms. The molecule has 4 heteroatoms. The maximum absolute atomic E-state index is 12.3. The molecule has 0 aliphatic carbocycles. The third-order valence-electron chi connectivity index (χ3n) is 3.57. The first kappa shape index (κ1) is 17.5. The minimum Gasteiger partial charge on any atom is -0.280 e. The highest BCUT2D eigenvalue weighted by Gasteiger charge is 2.24. The molecule has 1 atom stereocenters. The van der Waals surface area contributed by atoms with Crippen LogP contribution in [0.25, 0.3) is 0 Å². The van der Waals surface area contributed by atoms with E-state index in [-0.39, 0.29) is 10.4 Å². The van der Waals surface area contributed by atoms with Crippen LogP contribution in [0.3, 0.4) is 0 Å². The van der Waals surface area contributed by atoms with E-state index in [1.54, 1.807) is 11.8 Å². The van der Waals surface area contributed by atoms with Crippen LogP contribution in [0.1, 0.15) is 10.8 Å². The van der Waals surface area contributed by atoms with Crippen molar-refractivity contribution < 1.29 is 4.79 Å². The van der Waals surface area contributed by atoms with E-state index < -0.39 is 0 Å². The van der Waals surface area contributed by atoms with Crippen molar-refractivity contribution >= 4 is 40.9 Å². The van der Waals surface area contributed by atoms with Gasteiger partial charge >= 0.3 is 0 Å². The number of hydrogen-bond donors (Lipinski definition) is 1. The lowest BCUT2D eigenvalue weighted by molar-refractivity contribution is -0.105. The average Bonchev–Trinajstić information content (AvgIpc) is 2.67. The molecule has 0 aliphatic heterocycles. The number of rotatable bonds is 6. The van der Waals surface area contributed by atoms with E-state index in [9.17, 15) is 4.79 Å². The van der Waals surface area contributed by atoms with Gasteiger partial charge in [-0.1, -0.05) is 79.4 Å². The molecule has 0 amide bonds.